The highest BCUT2D eigenvalue weighted by Crippen LogP contribution is 2.53. The topological polar surface area (TPSA) is 68.3 Å². The molecule has 1 aliphatic heterocycles. The first-order valence-electron chi connectivity index (χ1n) is 14.2. The van der Waals surface area contributed by atoms with Crippen molar-refractivity contribution in [3.05, 3.63) is 60.7 Å². The van der Waals surface area contributed by atoms with Crippen LogP contribution in [-0.4, -0.2) is 37.0 Å². The fraction of sp³-hybridized carbons (Fsp3) is 0.600. The van der Waals surface area contributed by atoms with E-state index in [4.69, 9.17) is 0 Å². The van der Waals surface area contributed by atoms with Crippen LogP contribution in [0.3, 0.4) is 0 Å². The Morgan fingerprint density at radius 2 is 1.03 bits per heavy atom. The van der Waals surface area contributed by atoms with E-state index in [0.717, 1.165) is 43.6 Å². The minimum atomic E-state index is -4.14. The van der Waals surface area contributed by atoms with Crippen LogP contribution in [0.5, 0.6) is 0 Å². The summed E-state index contributed by atoms with van der Waals surface area (Å²) in [7, 11) is -8.29. The molecule has 8 heteroatoms. The largest absolute Gasteiger partial charge is 0.222 e. The van der Waals surface area contributed by atoms with E-state index in [1.807, 2.05) is 23.5 Å². The number of hydrogen-bond donors (Lipinski definition) is 0. The number of sulfone groups is 2. The summed E-state index contributed by atoms with van der Waals surface area (Å²) >= 11 is 3.87. The predicted octanol–water partition coefficient (Wildman–Crippen LogP) is 8.14. The lowest BCUT2D eigenvalue weighted by molar-refractivity contribution is 0.406. The van der Waals surface area contributed by atoms with Crippen LogP contribution in [0.15, 0.2) is 70.5 Å². The molecule has 38 heavy (non-hydrogen) atoms. The van der Waals surface area contributed by atoms with Gasteiger partial charge in [0.25, 0.3) is 0 Å². The Bertz CT molecular complexity index is 1120. The fourth-order valence-electron chi connectivity index (χ4n) is 5.97. The van der Waals surface area contributed by atoms with Gasteiger partial charge in [0, 0.05) is 11.5 Å². The minimum Gasteiger partial charge on any atom is -0.222 e. The molecule has 2 aromatic rings. The molecule has 1 aliphatic carbocycles. The Morgan fingerprint density at radius 1 is 0.605 bits per heavy atom. The standard InChI is InChI=1S/C30H42O4S4/c31-37(32,27-18-12-9-13-19-27)29(38(33,34)28-20-14-10-15-21-28)26-17-11-7-5-3-1-2-4-6-8-16-22-30(25-26)35-23-24-36-30/h9-10,12-15,18-21,26,29H,1-8,11,16-17,22-25H2/t26-/m1/s1. The van der Waals surface area contributed by atoms with Gasteiger partial charge >= 0.3 is 0 Å². The van der Waals surface area contributed by atoms with Crippen molar-refractivity contribution in [2.24, 2.45) is 5.92 Å². The molecule has 0 bridgehead atoms. The van der Waals surface area contributed by atoms with Gasteiger partial charge in [0.15, 0.2) is 24.3 Å². The molecule has 2 fully saturated rings. The van der Waals surface area contributed by atoms with E-state index in [1.54, 1.807) is 60.7 Å². The van der Waals surface area contributed by atoms with Gasteiger partial charge in [-0.3, -0.25) is 0 Å². The van der Waals surface area contributed by atoms with Gasteiger partial charge in [-0.05, 0) is 49.4 Å². The molecule has 1 atom stereocenters. The van der Waals surface area contributed by atoms with Crippen LogP contribution < -0.4 is 0 Å². The molecule has 4 rings (SSSR count). The summed E-state index contributed by atoms with van der Waals surface area (Å²) in [6, 6.07) is 16.4. The molecular formula is C30H42O4S4. The summed E-state index contributed by atoms with van der Waals surface area (Å²) in [6.07, 6.45) is 13.9. The number of rotatable bonds is 5. The maximum atomic E-state index is 14.3. The third-order valence-electron chi connectivity index (χ3n) is 7.91. The molecule has 4 nitrogen and oxygen atoms in total. The van der Waals surface area contributed by atoms with Crippen molar-refractivity contribution >= 4 is 43.2 Å². The Hall–Kier alpha value is -0.960. The van der Waals surface area contributed by atoms with E-state index in [2.05, 4.69) is 0 Å². The molecule has 0 radical (unpaired) electrons. The molecule has 0 unspecified atom stereocenters. The Balaban J connectivity index is 1.77. The zero-order valence-corrected chi connectivity index (χ0v) is 25.6. The average Bonchev–Trinajstić information content (AvgIpc) is 3.37. The molecule has 1 saturated heterocycles. The molecule has 1 heterocycles. The van der Waals surface area contributed by atoms with Crippen LogP contribution in [0.4, 0.5) is 0 Å². The maximum absolute atomic E-state index is 14.3. The monoisotopic (exact) mass is 594 g/mol. The Morgan fingerprint density at radius 3 is 1.50 bits per heavy atom. The van der Waals surface area contributed by atoms with E-state index >= 15 is 0 Å². The van der Waals surface area contributed by atoms with E-state index in [9.17, 15) is 16.8 Å². The lowest BCUT2D eigenvalue weighted by Gasteiger charge is -2.35. The van der Waals surface area contributed by atoms with Crippen molar-refractivity contribution in [1.29, 1.82) is 0 Å². The van der Waals surface area contributed by atoms with Crippen molar-refractivity contribution in [3.8, 4) is 0 Å². The second-order valence-electron chi connectivity index (χ2n) is 10.7. The van der Waals surface area contributed by atoms with Crippen molar-refractivity contribution in [3.63, 3.8) is 0 Å². The van der Waals surface area contributed by atoms with Gasteiger partial charge in [-0.1, -0.05) is 101 Å². The fourth-order valence-corrected chi connectivity index (χ4v) is 14.5. The Kier molecular flexibility index (Phi) is 11.1. The molecule has 0 N–H and O–H groups in total. The molecule has 1 spiro atoms. The van der Waals surface area contributed by atoms with E-state index in [-0.39, 0.29) is 13.9 Å². The second kappa shape index (κ2) is 14.1. The third-order valence-corrected chi connectivity index (χ3v) is 16.9. The molecule has 0 amide bonds. The predicted molar refractivity (Wildman–Crippen MR) is 162 cm³/mol. The first-order chi connectivity index (χ1) is 18.4. The summed E-state index contributed by atoms with van der Waals surface area (Å²) in [5.74, 6) is 1.62. The highest BCUT2D eigenvalue weighted by atomic mass is 32.3. The van der Waals surface area contributed by atoms with E-state index in [0.29, 0.717) is 12.8 Å². The first-order valence-corrected chi connectivity index (χ1v) is 19.3. The highest BCUT2D eigenvalue weighted by Gasteiger charge is 2.49. The zero-order chi connectivity index (χ0) is 26.9. The summed E-state index contributed by atoms with van der Waals surface area (Å²) in [6.45, 7) is 0. The van der Waals surface area contributed by atoms with Crippen molar-refractivity contribution in [2.45, 2.75) is 102 Å². The van der Waals surface area contributed by atoms with Crippen LogP contribution in [0, 0.1) is 5.92 Å². The summed E-state index contributed by atoms with van der Waals surface area (Å²) in [5, 5.41) is 0. The van der Waals surface area contributed by atoms with Gasteiger partial charge in [-0.15, -0.1) is 23.5 Å². The van der Waals surface area contributed by atoms with Crippen LogP contribution in [0.1, 0.15) is 83.5 Å². The quantitative estimate of drug-likeness (QED) is 0.348. The van der Waals surface area contributed by atoms with E-state index < -0.39 is 30.2 Å². The number of thioether (sulfide) groups is 2. The van der Waals surface area contributed by atoms with Gasteiger partial charge in [0.2, 0.25) is 0 Å². The smallest absolute Gasteiger partial charge is 0.196 e. The molecular weight excluding hydrogens is 553 g/mol. The molecule has 2 aliphatic rings. The summed E-state index contributed by atoms with van der Waals surface area (Å²) in [4.78, 5) is 0.197. The van der Waals surface area contributed by atoms with Crippen molar-refractivity contribution in [1.82, 2.24) is 0 Å². The van der Waals surface area contributed by atoms with Crippen molar-refractivity contribution in [2.75, 3.05) is 11.5 Å². The van der Waals surface area contributed by atoms with Crippen molar-refractivity contribution < 1.29 is 16.8 Å². The lowest BCUT2D eigenvalue weighted by Crippen LogP contribution is -2.40. The maximum Gasteiger partial charge on any atom is 0.196 e. The van der Waals surface area contributed by atoms with Gasteiger partial charge < -0.3 is 0 Å². The molecule has 1 saturated carbocycles. The summed E-state index contributed by atoms with van der Waals surface area (Å²) < 4.78 is 55.5. The van der Waals surface area contributed by atoms with Crippen LogP contribution in [-0.2, 0) is 19.7 Å². The van der Waals surface area contributed by atoms with Gasteiger partial charge in [0.05, 0.1) is 13.9 Å². The highest BCUT2D eigenvalue weighted by molar-refractivity contribution is 8.21. The second-order valence-corrected chi connectivity index (χ2v) is 18.4. The van der Waals surface area contributed by atoms with Gasteiger partial charge in [0.1, 0.15) is 0 Å². The van der Waals surface area contributed by atoms with Gasteiger partial charge in [-0.2, -0.15) is 0 Å². The van der Waals surface area contributed by atoms with Gasteiger partial charge in [-0.25, -0.2) is 16.8 Å². The van der Waals surface area contributed by atoms with Crippen LogP contribution in [0.25, 0.3) is 0 Å². The minimum absolute atomic E-state index is 0.0983. The molecule has 0 aromatic heterocycles. The zero-order valence-electron chi connectivity index (χ0n) is 22.3. The first kappa shape index (κ1) is 30.0. The third kappa shape index (κ3) is 7.61. The normalized spacial score (nSPS) is 22.6. The van der Waals surface area contributed by atoms with E-state index in [1.165, 1.54) is 38.5 Å². The average molecular weight is 595 g/mol. The number of hydrogen-bond acceptors (Lipinski definition) is 6. The van der Waals surface area contributed by atoms with Crippen LogP contribution >= 0.6 is 23.5 Å². The molecule has 210 valence electrons. The SMILES string of the molecule is O=S(=O)(c1ccccc1)C([C@@H]1CCCCCCCCCCCCC2(C1)SCCS2)S(=O)(=O)c1ccccc1. The molecule has 2 aromatic carbocycles. The summed E-state index contributed by atoms with van der Waals surface area (Å²) in [5.41, 5.74) is 0. The number of benzene rings is 2. The van der Waals surface area contributed by atoms with Crippen LogP contribution in [0.2, 0.25) is 0 Å². The Labute approximate surface area is 239 Å². The lowest BCUT2D eigenvalue weighted by atomic mass is 9.95.